The van der Waals surface area contributed by atoms with Gasteiger partial charge in [-0.3, -0.25) is 4.90 Å². The van der Waals surface area contributed by atoms with E-state index in [0.717, 1.165) is 24.6 Å². The van der Waals surface area contributed by atoms with Crippen LogP contribution < -0.4 is 5.73 Å². The number of hydrogen-bond acceptors (Lipinski definition) is 4. The lowest BCUT2D eigenvalue weighted by atomic mass is 9.95. The number of aromatic hydroxyl groups is 2. The normalized spacial score (nSPS) is 19.9. The van der Waals surface area contributed by atoms with Crippen LogP contribution in [0, 0.1) is 5.92 Å². The van der Waals surface area contributed by atoms with Gasteiger partial charge in [-0.1, -0.05) is 13.0 Å². The minimum Gasteiger partial charge on any atom is -0.508 e. The van der Waals surface area contributed by atoms with Crippen molar-refractivity contribution in [3.05, 3.63) is 23.8 Å². The Morgan fingerprint density at radius 1 is 1.33 bits per heavy atom. The van der Waals surface area contributed by atoms with Crippen LogP contribution >= 0.6 is 0 Å². The summed E-state index contributed by atoms with van der Waals surface area (Å²) in [4.78, 5) is 2.33. The molecule has 0 aliphatic carbocycles. The summed E-state index contributed by atoms with van der Waals surface area (Å²) in [5.41, 5.74) is 6.67. The zero-order valence-corrected chi connectivity index (χ0v) is 10.8. The fourth-order valence-electron chi connectivity index (χ4n) is 2.63. The maximum absolute atomic E-state index is 9.93. The molecular weight excluding hydrogens is 228 g/mol. The van der Waals surface area contributed by atoms with E-state index in [1.54, 1.807) is 12.1 Å². The smallest absolute Gasteiger partial charge is 0.124 e. The molecule has 4 nitrogen and oxygen atoms in total. The fourth-order valence-corrected chi connectivity index (χ4v) is 2.63. The van der Waals surface area contributed by atoms with Gasteiger partial charge in [-0.05, 0) is 37.9 Å². The monoisotopic (exact) mass is 250 g/mol. The average molecular weight is 250 g/mol. The molecule has 0 aromatic heterocycles. The van der Waals surface area contributed by atoms with Gasteiger partial charge in [0.2, 0.25) is 0 Å². The van der Waals surface area contributed by atoms with E-state index in [2.05, 4.69) is 11.8 Å². The van der Waals surface area contributed by atoms with Gasteiger partial charge >= 0.3 is 0 Å². The van der Waals surface area contributed by atoms with E-state index in [4.69, 9.17) is 5.73 Å². The molecule has 0 bridgehead atoms. The molecule has 1 aromatic rings. The molecular formula is C14H22N2O2. The molecule has 0 spiro atoms. The third-order valence-corrected chi connectivity index (χ3v) is 3.86. The van der Waals surface area contributed by atoms with Crippen LogP contribution in [-0.2, 0) is 0 Å². The van der Waals surface area contributed by atoms with Gasteiger partial charge < -0.3 is 15.9 Å². The first-order valence-electron chi connectivity index (χ1n) is 6.57. The van der Waals surface area contributed by atoms with E-state index in [0.29, 0.717) is 6.54 Å². The van der Waals surface area contributed by atoms with Crippen LogP contribution in [0.3, 0.4) is 0 Å². The Morgan fingerprint density at radius 2 is 2.00 bits per heavy atom. The van der Waals surface area contributed by atoms with Gasteiger partial charge in [0.25, 0.3) is 0 Å². The molecule has 1 unspecified atom stereocenters. The Labute approximate surface area is 108 Å². The largest absolute Gasteiger partial charge is 0.508 e. The first-order valence-corrected chi connectivity index (χ1v) is 6.57. The van der Waals surface area contributed by atoms with Crippen molar-refractivity contribution in [1.29, 1.82) is 0 Å². The minimum absolute atomic E-state index is 0.0399. The molecule has 1 atom stereocenters. The predicted molar refractivity (Wildman–Crippen MR) is 71.5 cm³/mol. The minimum atomic E-state index is 0.0399. The van der Waals surface area contributed by atoms with Crippen LogP contribution in [0.5, 0.6) is 11.5 Å². The van der Waals surface area contributed by atoms with E-state index in [1.807, 2.05) is 0 Å². The van der Waals surface area contributed by atoms with E-state index >= 15 is 0 Å². The highest BCUT2D eigenvalue weighted by Gasteiger charge is 2.25. The number of hydrogen-bond donors (Lipinski definition) is 3. The van der Waals surface area contributed by atoms with Crippen LogP contribution in [-0.4, -0.2) is 34.7 Å². The van der Waals surface area contributed by atoms with Gasteiger partial charge in [0.05, 0.1) is 6.04 Å². The second-order valence-electron chi connectivity index (χ2n) is 5.21. The van der Waals surface area contributed by atoms with Gasteiger partial charge in [-0.15, -0.1) is 0 Å². The molecule has 100 valence electrons. The number of phenolic OH excluding ortho intramolecular Hbond substituents is 2. The second-order valence-corrected chi connectivity index (χ2v) is 5.21. The van der Waals surface area contributed by atoms with Crippen molar-refractivity contribution in [3.63, 3.8) is 0 Å². The SMILES string of the molecule is CC1CCN(C(CN)c2ccc(O)cc2O)CC1. The molecule has 0 radical (unpaired) electrons. The lowest BCUT2D eigenvalue weighted by molar-refractivity contribution is 0.139. The van der Waals surface area contributed by atoms with Gasteiger partial charge in [-0.25, -0.2) is 0 Å². The lowest BCUT2D eigenvalue weighted by Gasteiger charge is -2.36. The van der Waals surface area contributed by atoms with Crippen molar-refractivity contribution < 1.29 is 10.2 Å². The third-order valence-electron chi connectivity index (χ3n) is 3.86. The summed E-state index contributed by atoms with van der Waals surface area (Å²) < 4.78 is 0. The number of piperidine rings is 1. The predicted octanol–water partition coefficient (Wildman–Crippen LogP) is 1.83. The number of nitrogens with two attached hydrogens (primary N) is 1. The standard InChI is InChI=1S/C14H22N2O2/c1-10-4-6-16(7-5-10)13(9-15)12-3-2-11(17)8-14(12)18/h2-3,8,10,13,17-18H,4-7,9,15H2,1H3. The summed E-state index contributed by atoms with van der Waals surface area (Å²) in [5, 5.41) is 19.3. The molecule has 4 N–H and O–H groups in total. The van der Waals surface area contributed by atoms with Crippen molar-refractivity contribution in [2.45, 2.75) is 25.8 Å². The van der Waals surface area contributed by atoms with Crippen LogP contribution in [0.15, 0.2) is 18.2 Å². The molecule has 1 fully saturated rings. The first kappa shape index (κ1) is 13.2. The Bertz CT molecular complexity index is 401. The highest BCUT2D eigenvalue weighted by atomic mass is 16.3. The van der Waals surface area contributed by atoms with Crippen molar-refractivity contribution in [2.75, 3.05) is 19.6 Å². The zero-order valence-electron chi connectivity index (χ0n) is 10.8. The number of benzene rings is 1. The first-order chi connectivity index (χ1) is 8.61. The third kappa shape index (κ3) is 2.76. The van der Waals surface area contributed by atoms with Crippen molar-refractivity contribution in [3.8, 4) is 11.5 Å². The quantitative estimate of drug-likeness (QED) is 0.765. The summed E-state index contributed by atoms with van der Waals surface area (Å²) in [6.45, 7) is 4.78. The number of phenols is 2. The summed E-state index contributed by atoms with van der Waals surface area (Å²) in [6, 6.07) is 4.79. The van der Waals surface area contributed by atoms with Gasteiger partial charge in [-0.2, -0.15) is 0 Å². The summed E-state index contributed by atoms with van der Waals surface area (Å²) in [7, 11) is 0. The number of rotatable bonds is 3. The maximum atomic E-state index is 9.93. The van der Waals surface area contributed by atoms with Gasteiger partial charge in [0.1, 0.15) is 11.5 Å². The van der Waals surface area contributed by atoms with Crippen molar-refractivity contribution in [2.24, 2.45) is 11.7 Å². The molecule has 0 saturated carbocycles. The van der Waals surface area contributed by atoms with Crippen molar-refractivity contribution in [1.82, 2.24) is 4.90 Å². The van der Waals surface area contributed by atoms with E-state index in [-0.39, 0.29) is 17.5 Å². The Hall–Kier alpha value is -1.26. The number of nitrogens with zero attached hydrogens (tertiary/aromatic N) is 1. The van der Waals surface area contributed by atoms with Crippen LogP contribution in [0.4, 0.5) is 0 Å². The topological polar surface area (TPSA) is 69.7 Å². The summed E-state index contributed by atoms with van der Waals surface area (Å²) >= 11 is 0. The van der Waals surface area contributed by atoms with Gasteiger partial charge in [0, 0.05) is 18.2 Å². The van der Waals surface area contributed by atoms with E-state index in [9.17, 15) is 10.2 Å². The molecule has 1 aliphatic heterocycles. The lowest BCUT2D eigenvalue weighted by Crippen LogP contribution is -2.39. The van der Waals surface area contributed by atoms with Crippen LogP contribution in [0.25, 0.3) is 0 Å². The Morgan fingerprint density at radius 3 is 2.56 bits per heavy atom. The molecule has 2 rings (SSSR count). The highest BCUT2D eigenvalue weighted by molar-refractivity contribution is 5.41. The van der Waals surface area contributed by atoms with Crippen molar-refractivity contribution >= 4 is 0 Å². The Balaban J connectivity index is 2.17. The average Bonchev–Trinajstić information content (AvgIpc) is 2.35. The highest BCUT2D eigenvalue weighted by Crippen LogP contribution is 2.33. The molecule has 4 heteroatoms. The molecule has 1 heterocycles. The van der Waals surface area contributed by atoms with E-state index < -0.39 is 0 Å². The molecule has 1 aliphatic rings. The fraction of sp³-hybridized carbons (Fsp3) is 0.571. The summed E-state index contributed by atoms with van der Waals surface area (Å²) in [5.74, 6) is 0.983. The maximum Gasteiger partial charge on any atom is 0.124 e. The van der Waals surface area contributed by atoms with E-state index in [1.165, 1.54) is 18.9 Å². The van der Waals surface area contributed by atoms with Crippen LogP contribution in [0.2, 0.25) is 0 Å². The molecule has 0 amide bonds. The Kier molecular flexibility index (Phi) is 4.09. The van der Waals surface area contributed by atoms with Crippen LogP contribution in [0.1, 0.15) is 31.4 Å². The second kappa shape index (κ2) is 5.59. The molecule has 1 aromatic carbocycles. The molecule has 18 heavy (non-hydrogen) atoms. The van der Waals surface area contributed by atoms with Gasteiger partial charge in [0.15, 0.2) is 0 Å². The molecule has 1 saturated heterocycles. The number of likely N-dealkylation sites (tertiary alicyclic amines) is 1. The zero-order chi connectivity index (χ0) is 13.1. The summed E-state index contributed by atoms with van der Waals surface area (Å²) in [6.07, 6.45) is 2.35.